The molecule has 0 radical (unpaired) electrons. The molecule has 5 rings (SSSR count). The zero-order valence-electron chi connectivity index (χ0n) is 20.2. The number of hydrogen-bond donors (Lipinski definition) is 2. The molecule has 2 N–H and O–H groups in total. The number of fused-ring (bicyclic) bond motifs is 4. The van der Waals surface area contributed by atoms with E-state index in [2.05, 4.69) is 9.80 Å². The van der Waals surface area contributed by atoms with E-state index in [0.717, 1.165) is 42.0 Å². The standard InChI is InChI=1S/C28H42N2O3/c1-19(31)29(27-11-3-2-8-22(27)12-13-28(32)33)26-17-23-9-5-10-24(18-26)30(23)25-15-20-6-4-7-21(14-20)16-25/h2-3,8,11,20-21,23-26,28,32-33H,4-7,9-10,12-18H2,1H3/t20-,21+,23-,24+,25?,26?. The monoisotopic (exact) mass is 454 g/mol. The maximum absolute atomic E-state index is 13.0. The second kappa shape index (κ2) is 10.1. The van der Waals surface area contributed by atoms with Crippen LogP contribution in [0.2, 0.25) is 0 Å². The third-order valence-corrected chi connectivity index (χ3v) is 9.16. The van der Waals surface area contributed by atoms with E-state index in [9.17, 15) is 15.0 Å². The van der Waals surface area contributed by atoms with Gasteiger partial charge < -0.3 is 15.1 Å². The van der Waals surface area contributed by atoms with Crippen molar-refractivity contribution in [1.82, 2.24) is 4.90 Å². The molecule has 4 fully saturated rings. The lowest BCUT2D eigenvalue weighted by Gasteiger charge is -2.56. The summed E-state index contributed by atoms with van der Waals surface area (Å²) in [5.74, 6) is 2.00. The Hall–Kier alpha value is -1.43. The first-order valence-electron chi connectivity index (χ1n) is 13.5. The molecule has 5 heteroatoms. The van der Waals surface area contributed by atoms with Crippen molar-refractivity contribution in [2.45, 2.75) is 121 Å². The molecule has 0 aromatic heterocycles. The van der Waals surface area contributed by atoms with Crippen LogP contribution in [0.25, 0.3) is 0 Å². The van der Waals surface area contributed by atoms with Crippen molar-refractivity contribution in [2.75, 3.05) is 4.90 Å². The Bertz CT molecular complexity index is 801. The summed E-state index contributed by atoms with van der Waals surface area (Å²) in [6.07, 6.45) is 14.1. The van der Waals surface area contributed by atoms with E-state index >= 15 is 0 Å². The Labute approximate surface area is 199 Å². The van der Waals surface area contributed by atoms with Gasteiger partial charge in [0.25, 0.3) is 0 Å². The third kappa shape index (κ3) is 5.01. The number of aliphatic hydroxyl groups is 2. The van der Waals surface area contributed by atoms with Crippen LogP contribution < -0.4 is 4.90 Å². The fourth-order valence-corrected chi connectivity index (χ4v) is 8.00. The number of piperidine rings is 2. The van der Waals surface area contributed by atoms with Crippen LogP contribution in [0.3, 0.4) is 0 Å². The molecule has 1 amide bonds. The highest BCUT2D eigenvalue weighted by atomic mass is 16.5. The number of carbonyl (C=O) groups is 1. The number of para-hydroxylation sites is 1. The van der Waals surface area contributed by atoms with E-state index in [1.54, 1.807) is 6.92 Å². The topological polar surface area (TPSA) is 64.0 Å². The molecule has 2 saturated carbocycles. The lowest BCUT2D eigenvalue weighted by molar-refractivity contribution is -0.118. The summed E-state index contributed by atoms with van der Waals surface area (Å²) in [7, 11) is 0. The van der Waals surface area contributed by atoms with Crippen molar-refractivity contribution in [1.29, 1.82) is 0 Å². The van der Waals surface area contributed by atoms with Gasteiger partial charge in [-0.25, -0.2) is 0 Å². The summed E-state index contributed by atoms with van der Waals surface area (Å²) < 4.78 is 0. The lowest BCUT2D eigenvalue weighted by atomic mass is 9.68. The molecule has 33 heavy (non-hydrogen) atoms. The van der Waals surface area contributed by atoms with Gasteiger partial charge in [0.2, 0.25) is 5.91 Å². The van der Waals surface area contributed by atoms with Crippen LogP contribution in [-0.4, -0.2) is 51.5 Å². The van der Waals surface area contributed by atoms with E-state index in [1.165, 1.54) is 57.8 Å². The molecule has 1 aromatic rings. The molecular weight excluding hydrogens is 412 g/mol. The first kappa shape index (κ1) is 23.3. The van der Waals surface area contributed by atoms with Crippen LogP contribution in [0.1, 0.15) is 89.5 Å². The highest BCUT2D eigenvalue weighted by molar-refractivity contribution is 5.93. The van der Waals surface area contributed by atoms with Crippen LogP contribution in [0.5, 0.6) is 0 Å². The molecule has 2 aliphatic carbocycles. The highest BCUT2D eigenvalue weighted by Crippen LogP contribution is 2.46. The molecule has 5 nitrogen and oxygen atoms in total. The number of carbonyl (C=O) groups excluding carboxylic acids is 1. The van der Waals surface area contributed by atoms with Gasteiger partial charge in [-0.1, -0.05) is 43.9 Å². The van der Waals surface area contributed by atoms with Gasteiger partial charge in [-0.15, -0.1) is 0 Å². The molecule has 2 aliphatic heterocycles. The maximum atomic E-state index is 13.0. The Kier molecular flexibility index (Phi) is 7.10. The molecule has 2 saturated heterocycles. The summed E-state index contributed by atoms with van der Waals surface area (Å²) >= 11 is 0. The van der Waals surface area contributed by atoms with Crippen molar-refractivity contribution < 1.29 is 15.0 Å². The molecule has 6 atom stereocenters. The molecule has 1 aromatic carbocycles. The van der Waals surface area contributed by atoms with Crippen molar-refractivity contribution in [2.24, 2.45) is 11.8 Å². The maximum Gasteiger partial charge on any atom is 0.224 e. The molecule has 4 aliphatic rings. The molecule has 0 spiro atoms. The smallest absolute Gasteiger partial charge is 0.224 e. The van der Waals surface area contributed by atoms with Gasteiger partial charge in [-0.05, 0) is 74.8 Å². The minimum absolute atomic E-state index is 0.107. The highest BCUT2D eigenvalue weighted by Gasteiger charge is 2.46. The predicted molar refractivity (Wildman–Crippen MR) is 131 cm³/mol. The summed E-state index contributed by atoms with van der Waals surface area (Å²) in [5, 5.41) is 18.8. The fourth-order valence-electron chi connectivity index (χ4n) is 8.00. The Morgan fingerprint density at radius 3 is 2.21 bits per heavy atom. The summed E-state index contributed by atoms with van der Waals surface area (Å²) in [4.78, 5) is 18.0. The number of rotatable bonds is 6. The van der Waals surface area contributed by atoms with Crippen LogP contribution in [0.4, 0.5) is 5.69 Å². The number of aliphatic hydroxyl groups excluding tert-OH is 1. The molecular formula is C28H42N2O3. The van der Waals surface area contributed by atoms with Crippen molar-refractivity contribution in [3.63, 3.8) is 0 Å². The average molecular weight is 455 g/mol. The van der Waals surface area contributed by atoms with Gasteiger partial charge >= 0.3 is 0 Å². The molecule has 4 bridgehead atoms. The number of nitrogens with zero attached hydrogens (tertiary/aromatic N) is 2. The van der Waals surface area contributed by atoms with Crippen molar-refractivity contribution in [3.05, 3.63) is 29.8 Å². The van der Waals surface area contributed by atoms with Gasteiger partial charge in [0, 0.05) is 43.2 Å². The zero-order valence-corrected chi connectivity index (χ0v) is 20.2. The lowest BCUT2D eigenvalue weighted by Crippen LogP contribution is -2.61. The minimum Gasteiger partial charge on any atom is -0.368 e. The zero-order chi connectivity index (χ0) is 22.9. The normalized spacial score (nSPS) is 34.3. The first-order valence-corrected chi connectivity index (χ1v) is 13.5. The number of amides is 1. The van der Waals surface area contributed by atoms with Gasteiger partial charge in [0.1, 0.15) is 0 Å². The number of aryl methyl sites for hydroxylation is 1. The molecule has 182 valence electrons. The number of benzene rings is 1. The first-order chi connectivity index (χ1) is 16.0. The van der Waals surface area contributed by atoms with Gasteiger partial charge in [-0.3, -0.25) is 9.69 Å². The van der Waals surface area contributed by atoms with Crippen molar-refractivity contribution in [3.8, 4) is 0 Å². The predicted octanol–water partition coefficient (Wildman–Crippen LogP) is 4.64. The quantitative estimate of drug-likeness (QED) is 0.615. The largest absolute Gasteiger partial charge is 0.368 e. The van der Waals surface area contributed by atoms with Gasteiger partial charge in [0.15, 0.2) is 6.29 Å². The van der Waals surface area contributed by atoms with E-state index in [-0.39, 0.29) is 18.4 Å². The van der Waals surface area contributed by atoms with E-state index in [4.69, 9.17) is 0 Å². The van der Waals surface area contributed by atoms with Crippen LogP contribution in [0.15, 0.2) is 24.3 Å². The Balaban J connectivity index is 1.36. The summed E-state index contributed by atoms with van der Waals surface area (Å²) in [5.41, 5.74) is 2.00. The van der Waals surface area contributed by atoms with E-state index in [1.807, 2.05) is 24.3 Å². The second-order valence-electron chi connectivity index (χ2n) is 11.4. The summed E-state index contributed by atoms with van der Waals surface area (Å²) in [6.45, 7) is 1.70. The van der Waals surface area contributed by atoms with Crippen LogP contribution in [0, 0.1) is 11.8 Å². The Morgan fingerprint density at radius 1 is 0.939 bits per heavy atom. The second-order valence-corrected chi connectivity index (χ2v) is 11.4. The summed E-state index contributed by atoms with van der Waals surface area (Å²) in [6, 6.07) is 10.3. The Morgan fingerprint density at radius 2 is 1.58 bits per heavy atom. The minimum atomic E-state index is -1.32. The SMILES string of the molecule is CC(=O)N(c1ccccc1CCC(O)O)C1C[C@H]2CCC[C@@H](C1)N2C1C[C@H]2CCC[C@@H](C1)C2. The average Bonchev–Trinajstić information content (AvgIpc) is 2.77. The van der Waals surface area contributed by atoms with E-state index in [0.29, 0.717) is 18.5 Å². The van der Waals surface area contributed by atoms with Gasteiger partial charge in [0.05, 0.1) is 0 Å². The molecule has 2 unspecified atom stereocenters. The van der Waals surface area contributed by atoms with Crippen molar-refractivity contribution >= 4 is 11.6 Å². The van der Waals surface area contributed by atoms with Gasteiger partial charge in [-0.2, -0.15) is 0 Å². The third-order valence-electron chi connectivity index (χ3n) is 9.16. The van der Waals surface area contributed by atoms with Crippen LogP contribution in [-0.2, 0) is 11.2 Å². The number of anilines is 1. The van der Waals surface area contributed by atoms with Crippen LogP contribution >= 0.6 is 0 Å². The number of hydrogen-bond acceptors (Lipinski definition) is 4. The van der Waals surface area contributed by atoms with E-state index < -0.39 is 6.29 Å². The molecule has 2 heterocycles. The fraction of sp³-hybridized carbons (Fsp3) is 0.750.